The van der Waals surface area contributed by atoms with Crippen molar-refractivity contribution in [2.24, 2.45) is 23.2 Å². The van der Waals surface area contributed by atoms with Crippen LogP contribution in [0, 0.1) is 23.2 Å². The van der Waals surface area contributed by atoms with Gasteiger partial charge in [-0.15, -0.1) is 0 Å². The summed E-state index contributed by atoms with van der Waals surface area (Å²) in [4.78, 5) is 15.9. The fraction of sp³-hybridized carbons (Fsp3) is 0.565. The van der Waals surface area contributed by atoms with Crippen LogP contribution in [0.1, 0.15) is 49.8 Å². The van der Waals surface area contributed by atoms with Gasteiger partial charge in [-0.05, 0) is 68.4 Å². The monoisotopic (exact) mass is 395 g/mol. The van der Waals surface area contributed by atoms with Gasteiger partial charge in [-0.3, -0.25) is 9.89 Å². The number of halogens is 1. The average Bonchev–Trinajstić information content (AvgIpc) is 3.10. The lowest BCUT2D eigenvalue weighted by Crippen LogP contribution is -2.55. The maximum Gasteiger partial charge on any atom is 0.229 e. The van der Waals surface area contributed by atoms with Crippen LogP contribution in [0.4, 0.5) is 0 Å². The Kier molecular flexibility index (Phi) is 3.72. The molecule has 1 aromatic heterocycles. The largest absolute Gasteiger partial charge is 0.337 e. The molecular formula is C23H26ClN3O. The molecule has 2 aromatic rings. The number of rotatable bonds is 2. The smallest absolute Gasteiger partial charge is 0.229 e. The van der Waals surface area contributed by atoms with Gasteiger partial charge < -0.3 is 4.90 Å². The summed E-state index contributed by atoms with van der Waals surface area (Å²) in [5.74, 6) is 2.83. The molecule has 1 aromatic carbocycles. The van der Waals surface area contributed by atoms with Crippen molar-refractivity contribution in [1.29, 1.82) is 0 Å². The van der Waals surface area contributed by atoms with Gasteiger partial charge in [0.15, 0.2) is 0 Å². The topological polar surface area (TPSA) is 49.0 Å². The van der Waals surface area contributed by atoms with Gasteiger partial charge in [-0.25, -0.2) is 0 Å². The first-order valence-electron chi connectivity index (χ1n) is 10.7. The molecule has 4 bridgehead atoms. The zero-order valence-corrected chi connectivity index (χ0v) is 16.8. The number of nitrogens with zero attached hydrogens (tertiary/aromatic N) is 2. The van der Waals surface area contributed by atoms with E-state index in [-0.39, 0.29) is 5.41 Å². The molecule has 146 valence electrons. The first-order chi connectivity index (χ1) is 13.6. The molecule has 4 saturated carbocycles. The van der Waals surface area contributed by atoms with Crippen molar-refractivity contribution in [3.05, 3.63) is 40.5 Å². The molecular weight excluding hydrogens is 370 g/mol. The number of hydrogen-bond donors (Lipinski definition) is 1. The Labute approximate surface area is 170 Å². The van der Waals surface area contributed by atoms with Gasteiger partial charge in [0.1, 0.15) is 0 Å². The molecule has 4 fully saturated rings. The highest BCUT2D eigenvalue weighted by Gasteiger charge is 2.55. The Morgan fingerprint density at radius 3 is 2.36 bits per heavy atom. The van der Waals surface area contributed by atoms with Crippen molar-refractivity contribution in [3.63, 3.8) is 0 Å². The van der Waals surface area contributed by atoms with Crippen molar-refractivity contribution in [1.82, 2.24) is 15.1 Å². The summed E-state index contributed by atoms with van der Waals surface area (Å²) in [7, 11) is 0. The number of benzene rings is 1. The van der Waals surface area contributed by atoms with Gasteiger partial charge in [0.2, 0.25) is 5.91 Å². The van der Waals surface area contributed by atoms with Crippen molar-refractivity contribution in [2.75, 3.05) is 6.54 Å². The second kappa shape index (κ2) is 6.09. The van der Waals surface area contributed by atoms with Crippen molar-refractivity contribution < 1.29 is 4.79 Å². The number of aromatic amines is 1. The fourth-order valence-corrected chi connectivity index (χ4v) is 7.15. The van der Waals surface area contributed by atoms with E-state index in [1.807, 2.05) is 24.3 Å². The van der Waals surface area contributed by atoms with Crippen LogP contribution >= 0.6 is 11.6 Å². The Bertz CT molecular complexity index is 897. The van der Waals surface area contributed by atoms with Crippen LogP contribution in [0.3, 0.4) is 0 Å². The Hall–Kier alpha value is -1.81. The number of carbonyl (C=O) groups excluding carboxylic acids is 1. The lowest BCUT2D eigenvalue weighted by atomic mass is 9.49. The molecule has 1 aliphatic heterocycles. The highest BCUT2D eigenvalue weighted by atomic mass is 35.5. The van der Waals surface area contributed by atoms with Crippen LogP contribution in [-0.4, -0.2) is 27.5 Å². The molecule has 4 aliphatic carbocycles. The molecule has 5 heteroatoms. The minimum absolute atomic E-state index is 0.0591. The normalized spacial score (nSPS) is 33.2. The summed E-state index contributed by atoms with van der Waals surface area (Å²) >= 11 is 6.05. The van der Waals surface area contributed by atoms with E-state index in [4.69, 9.17) is 11.6 Å². The second-order valence-electron chi connectivity index (χ2n) is 9.71. The minimum Gasteiger partial charge on any atom is -0.337 e. The summed E-state index contributed by atoms with van der Waals surface area (Å²) in [6, 6.07) is 7.83. The average molecular weight is 396 g/mol. The summed E-state index contributed by atoms with van der Waals surface area (Å²) in [6.45, 7) is 1.50. The van der Waals surface area contributed by atoms with E-state index in [0.717, 1.165) is 66.3 Å². The van der Waals surface area contributed by atoms with E-state index in [1.54, 1.807) is 0 Å². The molecule has 1 amide bonds. The van der Waals surface area contributed by atoms with Crippen molar-refractivity contribution in [2.45, 2.75) is 51.5 Å². The van der Waals surface area contributed by atoms with E-state index in [9.17, 15) is 4.79 Å². The molecule has 0 radical (unpaired) electrons. The highest BCUT2D eigenvalue weighted by molar-refractivity contribution is 6.30. The van der Waals surface area contributed by atoms with Gasteiger partial charge >= 0.3 is 0 Å². The number of hydrogen-bond acceptors (Lipinski definition) is 2. The molecule has 2 heterocycles. The molecule has 5 aliphatic rings. The fourth-order valence-electron chi connectivity index (χ4n) is 7.02. The maximum absolute atomic E-state index is 13.8. The summed E-state index contributed by atoms with van der Waals surface area (Å²) in [5, 5.41) is 8.52. The molecule has 7 rings (SSSR count). The predicted octanol–water partition coefficient (Wildman–Crippen LogP) is 4.83. The van der Waals surface area contributed by atoms with E-state index in [2.05, 4.69) is 15.1 Å². The Balaban J connectivity index is 1.29. The molecule has 0 spiro atoms. The van der Waals surface area contributed by atoms with Crippen molar-refractivity contribution >= 4 is 17.5 Å². The van der Waals surface area contributed by atoms with Crippen molar-refractivity contribution in [3.8, 4) is 11.3 Å². The van der Waals surface area contributed by atoms with Crippen LogP contribution in [0.25, 0.3) is 11.3 Å². The number of aromatic nitrogens is 2. The molecule has 4 nitrogen and oxygen atoms in total. The molecule has 0 saturated heterocycles. The summed E-state index contributed by atoms with van der Waals surface area (Å²) in [6.07, 6.45) is 8.40. The Morgan fingerprint density at radius 2 is 1.71 bits per heavy atom. The lowest BCUT2D eigenvalue weighted by Gasteiger charge is -2.56. The first kappa shape index (κ1) is 17.1. The highest BCUT2D eigenvalue weighted by Crippen LogP contribution is 2.60. The zero-order valence-electron chi connectivity index (χ0n) is 16.1. The van der Waals surface area contributed by atoms with Crippen LogP contribution < -0.4 is 0 Å². The van der Waals surface area contributed by atoms with Gasteiger partial charge in [-0.1, -0.05) is 23.7 Å². The van der Waals surface area contributed by atoms with Gasteiger partial charge in [0.25, 0.3) is 0 Å². The van der Waals surface area contributed by atoms with Crippen LogP contribution in [0.2, 0.25) is 5.02 Å². The minimum atomic E-state index is -0.0591. The maximum atomic E-state index is 13.8. The standard InChI is InChI=1S/C23H26ClN3O/c24-18-3-1-17(2-4-18)21-19-13-27(6-5-20(19)25-26-21)22(28)23-10-14-7-15(11-23)9-16(8-14)12-23/h1-4,14-16H,5-13H2,(H,25,26). The van der Waals surface area contributed by atoms with Crippen LogP contribution in [0.15, 0.2) is 24.3 Å². The number of amides is 1. The number of carbonyl (C=O) groups is 1. The van der Waals surface area contributed by atoms with Crippen LogP contribution in [0.5, 0.6) is 0 Å². The molecule has 0 unspecified atom stereocenters. The lowest BCUT2D eigenvalue weighted by molar-refractivity contribution is -0.158. The third kappa shape index (κ3) is 2.57. The summed E-state index contributed by atoms with van der Waals surface area (Å²) < 4.78 is 0. The number of nitrogens with one attached hydrogen (secondary N) is 1. The van der Waals surface area contributed by atoms with E-state index in [1.165, 1.54) is 30.5 Å². The van der Waals surface area contributed by atoms with Gasteiger partial charge in [-0.2, -0.15) is 5.10 Å². The van der Waals surface area contributed by atoms with Crippen LogP contribution in [-0.2, 0) is 17.8 Å². The molecule has 0 atom stereocenters. The quantitative estimate of drug-likeness (QED) is 0.791. The van der Waals surface area contributed by atoms with E-state index >= 15 is 0 Å². The van der Waals surface area contributed by atoms with E-state index < -0.39 is 0 Å². The SMILES string of the molecule is O=C(N1CCc2[nH]nc(-c3ccc(Cl)cc3)c2C1)C12CC3CC(CC(C3)C1)C2. The third-order valence-electron chi connectivity index (χ3n) is 7.83. The predicted molar refractivity (Wildman–Crippen MR) is 109 cm³/mol. The molecule has 28 heavy (non-hydrogen) atoms. The third-order valence-corrected chi connectivity index (χ3v) is 8.08. The summed E-state index contributed by atoms with van der Waals surface area (Å²) in [5.41, 5.74) is 4.34. The second-order valence-corrected chi connectivity index (χ2v) is 10.1. The molecule has 1 N–H and O–H groups in total. The van der Waals surface area contributed by atoms with Gasteiger partial charge in [0.05, 0.1) is 11.1 Å². The number of fused-ring (bicyclic) bond motifs is 1. The number of H-pyrrole nitrogens is 1. The Morgan fingerprint density at radius 1 is 1.07 bits per heavy atom. The first-order valence-corrected chi connectivity index (χ1v) is 11.1. The van der Waals surface area contributed by atoms with E-state index in [0.29, 0.717) is 12.5 Å². The zero-order chi connectivity index (χ0) is 18.9. The van der Waals surface area contributed by atoms with Gasteiger partial charge in [0, 0.05) is 41.4 Å².